The molecule has 0 fully saturated rings. The van der Waals surface area contributed by atoms with Crippen molar-refractivity contribution in [2.45, 2.75) is 13.5 Å². The lowest BCUT2D eigenvalue weighted by Crippen LogP contribution is -2.40. The van der Waals surface area contributed by atoms with Gasteiger partial charge in [0.15, 0.2) is 11.5 Å². The van der Waals surface area contributed by atoms with Crippen LogP contribution in [0.3, 0.4) is 0 Å². The van der Waals surface area contributed by atoms with E-state index >= 15 is 0 Å². The summed E-state index contributed by atoms with van der Waals surface area (Å²) in [6.45, 7) is 2.09. The van der Waals surface area contributed by atoms with Crippen molar-refractivity contribution in [2.24, 2.45) is 0 Å². The monoisotopic (exact) mass is 373 g/mol. The Morgan fingerprint density at radius 3 is 2.39 bits per heavy atom. The maximum atomic E-state index is 13.3. The van der Waals surface area contributed by atoms with Gasteiger partial charge in [0, 0.05) is 0 Å². The lowest BCUT2D eigenvalue weighted by molar-refractivity contribution is 0.403. The van der Waals surface area contributed by atoms with Crippen LogP contribution in [0, 0.1) is 6.92 Å². The van der Waals surface area contributed by atoms with Crippen molar-refractivity contribution in [3.05, 3.63) is 94.5 Å². The number of aryl methyl sites for hydroxylation is 1. The van der Waals surface area contributed by atoms with Crippen LogP contribution in [0.1, 0.15) is 11.4 Å². The molecular formula is C22H19N3O3. The number of para-hydroxylation sites is 2. The molecule has 6 nitrogen and oxygen atoms in total. The first-order valence-corrected chi connectivity index (χ1v) is 8.87. The van der Waals surface area contributed by atoms with Crippen molar-refractivity contribution >= 4 is 16.6 Å². The fraction of sp³-hybridized carbons (Fsp3) is 0.0909. The molecule has 0 saturated heterocycles. The number of aromatic hydroxyl groups is 2. The van der Waals surface area contributed by atoms with Crippen LogP contribution >= 0.6 is 0 Å². The predicted octanol–water partition coefficient (Wildman–Crippen LogP) is 3.59. The fourth-order valence-electron chi connectivity index (χ4n) is 3.24. The topological polar surface area (TPSA) is 78.6 Å². The molecule has 2 N–H and O–H groups in total. The normalized spacial score (nSPS) is 10.9. The van der Waals surface area contributed by atoms with Gasteiger partial charge in [0.25, 0.3) is 5.56 Å². The molecule has 0 saturated carbocycles. The Morgan fingerprint density at radius 1 is 0.929 bits per heavy atom. The van der Waals surface area contributed by atoms with Crippen LogP contribution < -0.4 is 10.6 Å². The van der Waals surface area contributed by atoms with Crippen molar-refractivity contribution in [2.75, 3.05) is 5.01 Å². The zero-order valence-corrected chi connectivity index (χ0v) is 15.3. The summed E-state index contributed by atoms with van der Waals surface area (Å²) < 4.78 is 1.54. The summed E-state index contributed by atoms with van der Waals surface area (Å²) in [7, 11) is 0. The van der Waals surface area contributed by atoms with E-state index in [0.717, 1.165) is 11.3 Å². The number of phenolic OH excluding ortho intramolecular Hbond substituents is 2. The van der Waals surface area contributed by atoms with E-state index in [1.807, 2.05) is 53.5 Å². The van der Waals surface area contributed by atoms with E-state index in [9.17, 15) is 15.0 Å². The third-order valence-corrected chi connectivity index (χ3v) is 4.58. The molecule has 3 aromatic carbocycles. The number of fused-ring (bicyclic) bond motifs is 1. The first-order chi connectivity index (χ1) is 13.5. The zero-order valence-electron chi connectivity index (χ0n) is 15.3. The summed E-state index contributed by atoms with van der Waals surface area (Å²) in [5, 5.41) is 21.8. The second kappa shape index (κ2) is 7.08. The highest BCUT2D eigenvalue weighted by Gasteiger charge is 2.17. The molecule has 1 heterocycles. The summed E-state index contributed by atoms with van der Waals surface area (Å²) in [6, 6.07) is 21.4. The summed E-state index contributed by atoms with van der Waals surface area (Å²) >= 11 is 0. The maximum Gasteiger partial charge on any atom is 0.280 e. The van der Waals surface area contributed by atoms with Crippen molar-refractivity contribution in [3.8, 4) is 11.5 Å². The maximum absolute atomic E-state index is 13.3. The number of rotatable bonds is 4. The molecular weight excluding hydrogens is 354 g/mol. The second-order valence-corrected chi connectivity index (χ2v) is 6.51. The van der Waals surface area contributed by atoms with Gasteiger partial charge in [-0.15, -0.1) is 0 Å². The summed E-state index contributed by atoms with van der Waals surface area (Å²) in [5.74, 6) is 0.164. The van der Waals surface area contributed by atoms with Crippen LogP contribution in [0.5, 0.6) is 11.5 Å². The summed E-state index contributed by atoms with van der Waals surface area (Å²) in [4.78, 5) is 17.9. The van der Waals surface area contributed by atoms with Gasteiger partial charge < -0.3 is 10.2 Å². The molecule has 0 aliphatic rings. The highest BCUT2D eigenvalue weighted by molar-refractivity contribution is 5.77. The molecule has 0 unspecified atom stereocenters. The Hall–Kier alpha value is -3.80. The van der Waals surface area contributed by atoms with Crippen molar-refractivity contribution in [1.29, 1.82) is 0 Å². The van der Waals surface area contributed by atoms with Crippen LogP contribution in [-0.4, -0.2) is 19.9 Å². The number of aromatic nitrogens is 2. The van der Waals surface area contributed by atoms with Gasteiger partial charge in [0.05, 0.1) is 23.1 Å². The van der Waals surface area contributed by atoms with E-state index in [1.54, 1.807) is 23.7 Å². The minimum Gasteiger partial charge on any atom is -0.504 e. The van der Waals surface area contributed by atoms with Crippen LogP contribution in [-0.2, 0) is 6.54 Å². The van der Waals surface area contributed by atoms with Crippen LogP contribution in [0.2, 0.25) is 0 Å². The van der Waals surface area contributed by atoms with E-state index in [4.69, 9.17) is 0 Å². The number of nitrogens with zero attached hydrogens (tertiary/aromatic N) is 3. The average Bonchev–Trinajstić information content (AvgIpc) is 2.70. The van der Waals surface area contributed by atoms with Gasteiger partial charge in [-0.05, 0) is 48.9 Å². The molecule has 1 aromatic heterocycles. The molecule has 140 valence electrons. The molecule has 0 spiro atoms. The fourth-order valence-corrected chi connectivity index (χ4v) is 3.24. The van der Waals surface area contributed by atoms with Crippen LogP contribution in [0.15, 0.2) is 77.6 Å². The Balaban J connectivity index is 1.90. The van der Waals surface area contributed by atoms with Gasteiger partial charge in [0.2, 0.25) is 0 Å². The lowest BCUT2D eigenvalue weighted by atomic mass is 10.2. The van der Waals surface area contributed by atoms with Gasteiger partial charge in [-0.1, -0.05) is 36.4 Å². The quantitative estimate of drug-likeness (QED) is 0.535. The van der Waals surface area contributed by atoms with Crippen molar-refractivity contribution in [3.63, 3.8) is 0 Å². The Kier molecular flexibility index (Phi) is 4.45. The van der Waals surface area contributed by atoms with E-state index in [-0.39, 0.29) is 17.1 Å². The molecule has 0 amide bonds. The molecule has 6 heteroatoms. The number of hydrogen-bond donors (Lipinski definition) is 2. The van der Waals surface area contributed by atoms with Crippen LogP contribution in [0.25, 0.3) is 10.9 Å². The molecule has 0 bridgehead atoms. The standard InChI is InChI=1S/C22H19N3O3/c1-15-23-19-10-6-5-9-18(19)22(28)25(15)24(17-7-3-2-4-8-17)14-16-11-12-20(26)21(27)13-16/h2-13,26-27H,14H2,1H3. The lowest BCUT2D eigenvalue weighted by Gasteiger charge is -2.28. The van der Waals surface area contributed by atoms with Gasteiger partial charge >= 0.3 is 0 Å². The molecule has 0 radical (unpaired) electrons. The minimum atomic E-state index is -0.203. The van der Waals surface area contributed by atoms with E-state index in [0.29, 0.717) is 23.3 Å². The van der Waals surface area contributed by atoms with Gasteiger partial charge in [-0.25, -0.2) is 9.66 Å². The largest absolute Gasteiger partial charge is 0.504 e. The SMILES string of the molecule is Cc1nc2ccccc2c(=O)n1N(Cc1ccc(O)c(O)c1)c1ccccc1. The third kappa shape index (κ3) is 3.16. The number of phenols is 2. The van der Waals surface area contributed by atoms with Crippen molar-refractivity contribution < 1.29 is 10.2 Å². The highest BCUT2D eigenvalue weighted by Crippen LogP contribution is 2.27. The van der Waals surface area contributed by atoms with Crippen LogP contribution in [0.4, 0.5) is 5.69 Å². The summed E-state index contributed by atoms with van der Waals surface area (Å²) in [5.41, 5.74) is 2.02. The third-order valence-electron chi connectivity index (χ3n) is 4.58. The van der Waals surface area contributed by atoms with Gasteiger partial charge in [-0.3, -0.25) is 9.80 Å². The minimum absolute atomic E-state index is 0.171. The molecule has 4 rings (SSSR count). The molecule has 0 atom stereocenters. The van der Waals surface area contributed by atoms with E-state index in [2.05, 4.69) is 4.98 Å². The zero-order chi connectivity index (χ0) is 19.7. The summed E-state index contributed by atoms with van der Waals surface area (Å²) in [6.07, 6.45) is 0. The molecule has 0 aliphatic carbocycles. The number of hydrogen-bond acceptors (Lipinski definition) is 5. The Bertz CT molecular complexity index is 1200. The highest BCUT2D eigenvalue weighted by atomic mass is 16.3. The first kappa shape index (κ1) is 17.6. The van der Waals surface area contributed by atoms with Crippen molar-refractivity contribution in [1.82, 2.24) is 9.66 Å². The first-order valence-electron chi connectivity index (χ1n) is 8.87. The van der Waals surface area contributed by atoms with Gasteiger partial charge in [-0.2, -0.15) is 0 Å². The van der Waals surface area contributed by atoms with E-state index in [1.165, 1.54) is 12.1 Å². The Morgan fingerprint density at radius 2 is 1.64 bits per heavy atom. The van der Waals surface area contributed by atoms with E-state index < -0.39 is 0 Å². The van der Waals surface area contributed by atoms with Gasteiger partial charge in [0.1, 0.15) is 5.82 Å². The molecule has 0 aliphatic heterocycles. The number of anilines is 1. The smallest absolute Gasteiger partial charge is 0.280 e. The Labute approximate surface area is 161 Å². The number of benzene rings is 3. The predicted molar refractivity (Wildman–Crippen MR) is 109 cm³/mol. The second-order valence-electron chi connectivity index (χ2n) is 6.51. The average molecular weight is 373 g/mol. The molecule has 4 aromatic rings. The molecule has 28 heavy (non-hydrogen) atoms.